The Balaban J connectivity index is 1.63. The quantitative estimate of drug-likeness (QED) is 0.886. The van der Waals surface area contributed by atoms with Crippen LogP contribution in [0.2, 0.25) is 0 Å². The number of hydrogen-bond acceptors (Lipinski definition) is 4. The Hall–Kier alpha value is -2.24. The van der Waals surface area contributed by atoms with Crippen molar-refractivity contribution >= 4 is 5.91 Å². The predicted octanol–water partition coefficient (Wildman–Crippen LogP) is 1.69. The van der Waals surface area contributed by atoms with Crippen LogP contribution in [0.3, 0.4) is 0 Å². The lowest BCUT2D eigenvalue weighted by molar-refractivity contribution is 0.00503. The van der Waals surface area contributed by atoms with Crippen LogP contribution in [-0.4, -0.2) is 37.2 Å². The molecule has 2 unspecified atom stereocenters. The van der Waals surface area contributed by atoms with Gasteiger partial charge in [-0.05, 0) is 22.8 Å². The van der Waals surface area contributed by atoms with Crippen LogP contribution in [-0.2, 0) is 11.2 Å². The molecule has 23 heavy (non-hydrogen) atoms. The van der Waals surface area contributed by atoms with Crippen molar-refractivity contribution in [1.29, 1.82) is 0 Å². The maximum Gasteiger partial charge on any atom is 0.269 e. The smallest absolute Gasteiger partial charge is 0.269 e. The molecule has 0 spiro atoms. The summed E-state index contributed by atoms with van der Waals surface area (Å²) in [4.78, 5) is 15.8. The third-order valence-corrected chi connectivity index (χ3v) is 4.63. The number of ether oxygens (including phenoxy) is 1. The topological polar surface area (TPSA) is 63.2 Å². The molecule has 2 aromatic rings. The number of amides is 1. The van der Waals surface area contributed by atoms with Crippen molar-refractivity contribution in [2.24, 2.45) is 0 Å². The lowest BCUT2D eigenvalue weighted by atomic mass is 10.0. The molecule has 0 radical (unpaired) electrons. The summed E-state index contributed by atoms with van der Waals surface area (Å²) >= 11 is 0. The molecule has 5 nitrogen and oxygen atoms in total. The molecule has 1 saturated heterocycles. The highest BCUT2D eigenvalue weighted by Gasteiger charge is 2.35. The van der Waals surface area contributed by atoms with Gasteiger partial charge in [0, 0.05) is 31.8 Å². The molecule has 2 aliphatic rings. The van der Waals surface area contributed by atoms with Crippen LogP contribution in [0.25, 0.3) is 11.1 Å². The minimum Gasteiger partial charge on any atom is -0.375 e. The van der Waals surface area contributed by atoms with Gasteiger partial charge in [0.15, 0.2) is 0 Å². The summed E-state index contributed by atoms with van der Waals surface area (Å²) in [7, 11) is 1.61. The number of nitrogens with zero attached hydrogens (tertiary/aromatic N) is 1. The fourth-order valence-electron chi connectivity index (χ4n) is 3.45. The average molecular weight is 309 g/mol. The largest absolute Gasteiger partial charge is 0.375 e. The van der Waals surface area contributed by atoms with E-state index in [9.17, 15) is 4.79 Å². The SMILES string of the molecule is CNC(=O)c1ccc(-c2ccc3c(c2)CC2OCCNC32)cn1. The van der Waals surface area contributed by atoms with Crippen LogP contribution in [0.1, 0.15) is 27.7 Å². The molecule has 1 aliphatic carbocycles. The maximum absolute atomic E-state index is 11.6. The van der Waals surface area contributed by atoms with Crippen LogP contribution in [0.5, 0.6) is 0 Å². The first kappa shape index (κ1) is 14.4. The van der Waals surface area contributed by atoms with E-state index in [1.807, 2.05) is 6.07 Å². The Kier molecular flexibility index (Phi) is 3.59. The van der Waals surface area contributed by atoms with E-state index in [4.69, 9.17) is 4.74 Å². The number of morpholine rings is 1. The maximum atomic E-state index is 11.6. The predicted molar refractivity (Wildman–Crippen MR) is 87.3 cm³/mol. The van der Waals surface area contributed by atoms with Gasteiger partial charge in [0.25, 0.3) is 5.91 Å². The first-order valence-corrected chi connectivity index (χ1v) is 7.92. The molecule has 1 aliphatic heterocycles. The molecule has 2 N–H and O–H groups in total. The highest BCUT2D eigenvalue weighted by Crippen LogP contribution is 2.37. The van der Waals surface area contributed by atoms with Gasteiger partial charge in [-0.3, -0.25) is 9.78 Å². The third kappa shape index (κ3) is 2.52. The van der Waals surface area contributed by atoms with Crippen molar-refractivity contribution in [3.63, 3.8) is 0 Å². The Bertz CT molecular complexity index is 742. The van der Waals surface area contributed by atoms with Crippen LogP contribution in [0, 0.1) is 0 Å². The molecule has 2 atom stereocenters. The van der Waals surface area contributed by atoms with Gasteiger partial charge in [0.1, 0.15) is 5.69 Å². The van der Waals surface area contributed by atoms with Crippen molar-refractivity contribution in [2.45, 2.75) is 18.6 Å². The molecular weight excluding hydrogens is 290 g/mol. The van der Waals surface area contributed by atoms with E-state index in [1.165, 1.54) is 11.1 Å². The summed E-state index contributed by atoms with van der Waals surface area (Å²) < 4.78 is 5.87. The number of carbonyl (C=O) groups is 1. The highest BCUT2D eigenvalue weighted by atomic mass is 16.5. The molecule has 0 bridgehead atoms. The summed E-state index contributed by atoms with van der Waals surface area (Å²) in [6, 6.07) is 10.5. The average Bonchev–Trinajstić information content (AvgIpc) is 2.99. The standard InChI is InChI=1S/C18H19N3O2/c1-19-18(22)15-5-3-12(10-21-15)11-2-4-14-13(8-11)9-16-17(14)20-6-7-23-16/h2-5,8,10,16-17,20H,6-7,9H2,1H3,(H,19,22). The zero-order chi connectivity index (χ0) is 15.8. The van der Waals surface area contributed by atoms with Gasteiger partial charge in [0.05, 0.1) is 18.8 Å². The number of hydrogen-bond donors (Lipinski definition) is 2. The van der Waals surface area contributed by atoms with E-state index in [2.05, 4.69) is 33.8 Å². The molecule has 4 rings (SSSR count). The third-order valence-electron chi connectivity index (χ3n) is 4.63. The van der Waals surface area contributed by atoms with Crippen molar-refractivity contribution in [3.05, 3.63) is 53.3 Å². The summed E-state index contributed by atoms with van der Waals surface area (Å²) in [5, 5.41) is 6.12. The van der Waals surface area contributed by atoms with Crippen LogP contribution in [0.4, 0.5) is 0 Å². The lowest BCUT2D eigenvalue weighted by Gasteiger charge is -2.27. The minimum absolute atomic E-state index is 0.169. The summed E-state index contributed by atoms with van der Waals surface area (Å²) in [6.07, 6.45) is 2.95. The van der Waals surface area contributed by atoms with E-state index in [1.54, 1.807) is 19.3 Å². The van der Waals surface area contributed by atoms with Gasteiger partial charge in [0.2, 0.25) is 0 Å². The zero-order valence-electron chi connectivity index (χ0n) is 13.0. The van der Waals surface area contributed by atoms with Crippen molar-refractivity contribution in [3.8, 4) is 11.1 Å². The lowest BCUT2D eigenvalue weighted by Crippen LogP contribution is -2.39. The van der Waals surface area contributed by atoms with E-state index in [0.29, 0.717) is 11.7 Å². The summed E-state index contributed by atoms with van der Waals surface area (Å²) in [5.41, 5.74) is 5.25. The number of benzene rings is 1. The fraction of sp³-hybridized carbons (Fsp3) is 0.333. The van der Waals surface area contributed by atoms with E-state index < -0.39 is 0 Å². The molecular formula is C18H19N3O2. The number of nitrogens with one attached hydrogen (secondary N) is 2. The summed E-state index contributed by atoms with van der Waals surface area (Å²) in [6.45, 7) is 1.69. The number of carbonyl (C=O) groups excluding carboxylic acids is 1. The van der Waals surface area contributed by atoms with Crippen molar-refractivity contribution < 1.29 is 9.53 Å². The number of fused-ring (bicyclic) bond motifs is 3. The van der Waals surface area contributed by atoms with Gasteiger partial charge in [-0.25, -0.2) is 0 Å². The number of rotatable bonds is 2. The Morgan fingerprint density at radius 3 is 2.96 bits per heavy atom. The normalized spacial score (nSPS) is 22.3. The van der Waals surface area contributed by atoms with Crippen LogP contribution < -0.4 is 10.6 Å². The fourth-order valence-corrected chi connectivity index (χ4v) is 3.45. The van der Waals surface area contributed by atoms with Crippen molar-refractivity contribution in [1.82, 2.24) is 15.6 Å². The molecule has 5 heteroatoms. The molecule has 1 fully saturated rings. The molecule has 2 heterocycles. The second kappa shape index (κ2) is 5.76. The molecule has 1 aromatic carbocycles. The molecule has 0 saturated carbocycles. The summed E-state index contributed by atoms with van der Waals surface area (Å²) in [5.74, 6) is -0.169. The van der Waals surface area contributed by atoms with Crippen LogP contribution in [0.15, 0.2) is 36.5 Å². The monoisotopic (exact) mass is 309 g/mol. The van der Waals surface area contributed by atoms with Crippen molar-refractivity contribution in [2.75, 3.05) is 20.2 Å². The van der Waals surface area contributed by atoms with E-state index >= 15 is 0 Å². The molecule has 1 aromatic heterocycles. The van der Waals surface area contributed by atoms with Gasteiger partial charge < -0.3 is 15.4 Å². The highest BCUT2D eigenvalue weighted by molar-refractivity contribution is 5.92. The first-order chi connectivity index (χ1) is 11.3. The second-order valence-corrected chi connectivity index (χ2v) is 5.97. The second-order valence-electron chi connectivity index (χ2n) is 5.97. The van der Waals surface area contributed by atoms with Crippen LogP contribution >= 0.6 is 0 Å². The number of aromatic nitrogens is 1. The zero-order valence-corrected chi connectivity index (χ0v) is 13.0. The van der Waals surface area contributed by atoms with Gasteiger partial charge in [-0.15, -0.1) is 0 Å². The van der Waals surface area contributed by atoms with E-state index in [-0.39, 0.29) is 12.0 Å². The number of pyridine rings is 1. The van der Waals surface area contributed by atoms with Gasteiger partial charge >= 0.3 is 0 Å². The first-order valence-electron chi connectivity index (χ1n) is 7.92. The Morgan fingerprint density at radius 2 is 2.17 bits per heavy atom. The van der Waals surface area contributed by atoms with E-state index in [0.717, 1.165) is 30.7 Å². The minimum atomic E-state index is -0.169. The van der Waals surface area contributed by atoms with Gasteiger partial charge in [-0.2, -0.15) is 0 Å². The molecule has 118 valence electrons. The Labute approximate surface area is 135 Å². The van der Waals surface area contributed by atoms with Gasteiger partial charge in [-0.1, -0.05) is 24.3 Å². The Morgan fingerprint density at radius 1 is 1.30 bits per heavy atom. The molecule has 1 amide bonds.